The number of nitrogens with one attached hydrogen (secondary N) is 2. The lowest BCUT2D eigenvalue weighted by Gasteiger charge is -2.24. The van der Waals surface area contributed by atoms with E-state index in [9.17, 15) is 9.90 Å². The number of aliphatic hydroxyl groups is 1. The minimum absolute atomic E-state index is 0.210. The van der Waals surface area contributed by atoms with E-state index in [1.54, 1.807) is 0 Å². The van der Waals surface area contributed by atoms with Crippen molar-refractivity contribution in [2.45, 2.75) is 25.4 Å². The van der Waals surface area contributed by atoms with Gasteiger partial charge in [-0.25, -0.2) is 4.79 Å². The number of aryl methyl sites for hydroxylation is 2. The van der Waals surface area contributed by atoms with Gasteiger partial charge in [-0.1, -0.05) is 42.5 Å². The third-order valence-corrected chi connectivity index (χ3v) is 4.26. The lowest BCUT2D eigenvalue weighted by Crippen LogP contribution is -2.41. The van der Waals surface area contributed by atoms with E-state index in [0.717, 1.165) is 28.8 Å². The largest absolute Gasteiger partial charge is 0.383 e. The third-order valence-electron chi connectivity index (χ3n) is 4.26. The lowest BCUT2D eigenvalue weighted by molar-refractivity contribution is 0.0417. The van der Waals surface area contributed by atoms with E-state index in [4.69, 9.17) is 0 Å². The topological polar surface area (TPSA) is 61.4 Å². The van der Waals surface area contributed by atoms with Crippen LogP contribution in [0.3, 0.4) is 0 Å². The van der Waals surface area contributed by atoms with Crippen LogP contribution in [0.25, 0.3) is 0 Å². The van der Waals surface area contributed by atoms with Crippen LogP contribution in [0, 0.1) is 6.92 Å². The molecular weight excluding hydrogens is 276 g/mol. The minimum atomic E-state index is -0.973. The molecule has 114 valence electrons. The summed E-state index contributed by atoms with van der Waals surface area (Å²) in [4.78, 5) is 12.0. The summed E-state index contributed by atoms with van der Waals surface area (Å²) >= 11 is 0. The molecule has 1 atom stereocenters. The first kappa shape index (κ1) is 14.6. The van der Waals surface area contributed by atoms with Crippen LogP contribution in [0.4, 0.5) is 10.5 Å². The van der Waals surface area contributed by atoms with Crippen molar-refractivity contribution in [3.05, 3.63) is 65.2 Å². The van der Waals surface area contributed by atoms with Gasteiger partial charge in [0.2, 0.25) is 0 Å². The van der Waals surface area contributed by atoms with Crippen LogP contribution in [-0.2, 0) is 12.0 Å². The predicted molar refractivity (Wildman–Crippen MR) is 86.9 cm³/mol. The van der Waals surface area contributed by atoms with Crippen molar-refractivity contribution in [1.29, 1.82) is 0 Å². The molecule has 3 N–H and O–H groups in total. The number of carbonyl (C=O) groups is 1. The maximum atomic E-state index is 12.0. The fourth-order valence-electron chi connectivity index (χ4n) is 2.96. The van der Waals surface area contributed by atoms with E-state index in [0.29, 0.717) is 6.42 Å². The Bertz CT molecular complexity index is 699. The van der Waals surface area contributed by atoms with E-state index >= 15 is 0 Å². The predicted octanol–water partition coefficient (Wildman–Crippen LogP) is 2.95. The van der Waals surface area contributed by atoms with E-state index in [-0.39, 0.29) is 12.6 Å². The Hall–Kier alpha value is -2.33. The fraction of sp³-hybridized carbons (Fsp3) is 0.278. The van der Waals surface area contributed by atoms with Gasteiger partial charge in [0.1, 0.15) is 5.60 Å². The molecule has 0 heterocycles. The lowest BCUT2D eigenvalue weighted by atomic mass is 9.96. The molecule has 0 unspecified atom stereocenters. The molecule has 2 aromatic rings. The summed E-state index contributed by atoms with van der Waals surface area (Å²) in [6.45, 7) is 2.15. The molecule has 1 aliphatic carbocycles. The van der Waals surface area contributed by atoms with Gasteiger partial charge in [0.05, 0.1) is 6.54 Å². The number of urea groups is 1. The first-order chi connectivity index (χ1) is 10.6. The number of amides is 2. The maximum Gasteiger partial charge on any atom is 0.319 e. The van der Waals surface area contributed by atoms with E-state index in [1.165, 1.54) is 0 Å². The Balaban J connectivity index is 1.63. The minimum Gasteiger partial charge on any atom is -0.383 e. The summed E-state index contributed by atoms with van der Waals surface area (Å²) in [5.41, 5.74) is 2.89. The van der Waals surface area contributed by atoms with Crippen LogP contribution in [0.15, 0.2) is 48.5 Å². The molecule has 0 saturated carbocycles. The van der Waals surface area contributed by atoms with Crippen molar-refractivity contribution in [2.75, 3.05) is 11.9 Å². The molecular formula is C18H20N2O2. The van der Waals surface area contributed by atoms with Crippen LogP contribution in [0.5, 0.6) is 0 Å². The number of hydrogen-bond acceptors (Lipinski definition) is 2. The monoisotopic (exact) mass is 296 g/mol. The van der Waals surface area contributed by atoms with E-state index in [2.05, 4.69) is 10.6 Å². The molecule has 2 amide bonds. The second kappa shape index (κ2) is 5.81. The number of anilines is 1. The Labute approximate surface area is 130 Å². The highest BCUT2D eigenvalue weighted by Gasteiger charge is 2.36. The van der Waals surface area contributed by atoms with Crippen LogP contribution in [0.1, 0.15) is 23.1 Å². The number of rotatable bonds is 3. The number of benzene rings is 2. The molecule has 22 heavy (non-hydrogen) atoms. The molecule has 4 nitrogen and oxygen atoms in total. The van der Waals surface area contributed by atoms with Crippen molar-refractivity contribution >= 4 is 11.7 Å². The maximum absolute atomic E-state index is 12.0. The summed E-state index contributed by atoms with van der Waals surface area (Å²) in [5.74, 6) is 0. The summed E-state index contributed by atoms with van der Waals surface area (Å²) in [6.07, 6.45) is 1.48. The molecule has 4 heteroatoms. The quantitative estimate of drug-likeness (QED) is 0.815. The molecule has 0 saturated heterocycles. The zero-order valence-corrected chi connectivity index (χ0v) is 12.6. The van der Waals surface area contributed by atoms with Crippen LogP contribution in [0.2, 0.25) is 0 Å². The average molecular weight is 296 g/mol. The van der Waals surface area contributed by atoms with Gasteiger partial charge in [0.15, 0.2) is 0 Å². The van der Waals surface area contributed by atoms with Gasteiger partial charge >= 0.3 is 6.03 Å². The molecule has 0 fully saturated rings. The molecule has 3 rings (SSSR count). The highest BCUT2D eigenvalue weighted by atomic mass is 16.3. The third kappa shape index (κ3) is 2.83. The van der Waals surface area contributed by atoms with E-state index < -0.39 is 5.60 Å². The molecule has 2 aromatic carbocycles. The van der Waals surface area contributed by atoms with Crippen molar-refractivity contribution in [2.24, 2.45) is 0 Å². The van der Waals surface area contributed by atoms with Gasteiger partial charge < -0.3 is 15.7 Å². The summed E-state index contributed by atoms with van der Waals surface area (Å²) in [5, 5.41) is 16.4. The van der Waals surface area contributed by atoms with Gasteiger partial charge in [0.25, 0.3) is 0 Å². The normalized spacial score (nSPS) is 19.5. The van der Waals surface area contributed by atoms with Crippen LogP contribution >= 0.6 is 0 Å². The van der Waals surface area contributed by atoms with Crippen molar-refractivity contribution in [1.82, 2.24) is 5.32 Å². The van der Waals surface area contributed by atoms with E-state index in [1.807, 2.05) is 55.5 Å². The number of fused-ring (bicyclic) bond motifs is 1. The smallest absolute Gasteiger partial charge is 0.319 e. The highest BCUT2D eigenvalue weighted by molar-refractivity contribution is 5.90. The fourth-order valence-corrected chi connectivity index (χ4v) is 2.96. The number of hydrogen-bond donors (Lipinski definition) is 3. The highest BCUT2D eigenvalue weighted by Crippen LogP contribution is 2.36. The Morgan fingerprint density at radius 3 is 2.73 bits per heavy atom. The summed E-state index contributed by atoms with van der Waals surface area (Å²) in [7, 11) is 0. The second-order valence-electron chi connectivity index (χ2n) is 5.81. The van der Waals surface area contributed by atoms with Gasteiger partial charge in [0, 0.05) is 5.69 Å². The van der Waals surface area contributed by atoms with Crippen LogP contribution < -0.4 is 10.6 Å². The molecule has 0 aromatic heterocycles. The second-order valence-corrected chi connectivity index (χ2v) is 5.81. The molecule has 0 bridgehead atoms. The van der Waals surface area contributed by atoms with Gasteiger partial charge in [-0.2, -0.15) is 0 Å². The van der Waals surface area contributed by atoms with Gasteiger partial charge in [-0.3, -0.25) is 0 Å². The zero-order chi connectivity index (χ0) is 15.6. The SMILES string of the molecule is Cc1ccccc1NC(=O)NC[C@]1(O)CCc2ccccc21. The van der Waals surface area contributed by atoms with Crippen molar-refractivity contribution < 1.29 is 9.90 Å². The molecule has 0 spiro atoms. The standard InChI is InChI=1S/C18H20N2O2/c1-13-6-2-5-9-16(13)20-17(21)19-12-18(22)11-10-14-7-3-4-8-15(14)18/h2-9,22H,10-12H2,1H3,(H2,19,20,21)/t18-/m1/s1. The first-order valence-electron chi connectivity index (χ1n) is 7.50. The summed E-state index contributed by atoms with van der Waals surface area (Å²) < 4.78 is 0. The van der Waals surface area contributed by atoms with Gasteiger partial charge in [-0.05, 0) is 42.5 Å². The zero-order valence-electron chi connectivity index (χ0n) is 12.6. The van der Waals surface area contributed by atoms with Crippen molar-refractivity contribution in [3.63, 3.8) is 0 Å². The first-order valence-corrected chi connectivity index (χ1v) is 7.50. The van der Waals surface area contributed by atoms with Crippen LogP contribution in [-0.4, -0.2) is 17.7 Å². The Kier molecular flexibility index (Phi) is 3.86. The number of para-hydroxylation sites is 1. The molecule has 0 radical (unpaired) electrons. The Morgan fingerprint density at radius 2 is 1.91 bits per heavy atom. The molecule has 0 aliphatic heterocycles. The van der Waals surface area contributed by atoms with Crippen molar-refractivity contribution in [3.8, 4) is 0 Å². The average Bonchev–Trinajstić information content (AvgIpc) is 2.86. The molecule has 1 aliphatic rings. The number of carbonyl (C=O) groups excluding carboxylic acids is 1. The van der Waals surface area contributed by atoms with Gasteiger partial charge in [-0.15, -0.1) is 0 Å². The summed E-state index contributed by atoms with van der Waals surface area (Å²) in [6, 6.07) is 15.2. The Morgan fingerprint density at radius 1 is 1.18 bits per heavy atom.